The number of para-hydroxylation sites is 2. The number of anilines is 2. The number of nitrogens with zero attached hydrogens (tertiary/aromatic N) is 2. The molecule has 4 atom stereocenters. The van der Waals surface area contributed by atoms with Crippen molar-refractivity contribution < 1.29 is 24.0 Å². The lowest BCUT2D eigenvalue weighted by Crippen LogP contribution is -2.51. The first-order valence-corrected chi connectivity index (χ1v) is 14.2. The molecule has 3 aliphatic heterocycles. The molecule has 218 valence electrons. The minimum absolute atomic E-state index is 0.0537. The van der Waals surface area contributed by atoms with Crippen LogP contribution < -0.4 is 15.0 Å². The Bertz CT molecular complexity index is 1930. The molecule has 9 nitrogen and oxygen atoms in total. The van der Waals surface area contributed by atoms with E-state index in [0.717, 1.165) is 16.8 Å². The number of nitro groups is 1. The number of nitrogens with one attached hydrogen (secondary N) is 1. The largest absolute Gasteiger partial charge is 0.497 e. The van der Waals surface area contributed by atoms with Crippen molar-refractivity contribution in [1.82, 2.24) is 0 Å². The molecule has 0 aliphatic carbocycles. The standard InChI is InChI=1S/C35H27N3O6/c1-20-17-29-35(26-14-4-5-15-27(26)36-34(35)41)30(32(39)21-9-7-11-23(18-21)38(42)43)31(37(29)28-16-6-3-13-25(20)28)33(40)22-10-8-12-24(19-22)44-2/h3-19,29-31H,1-2H3,(H,36,41)/t29-,30-,31+,35-/m0/s1. The van der Waals surface area contributed by atoms with Crippen molar-refractivity contribution >= 4 is 40.1 Å². The van der Waals surface area contributed by atoms with E-state index in [-0.39, 0.29) is 17.0 Å². The summed E-state index contributed by atoms with van der Waals surface area (Å²) < 4.78 is 5.41. The Balaban J connectivity index is 1.55. The maximum atomic E-state index is 14.9. The predicted octanol–water partition coefficient (Wildman–Crippen LogP) is 5.85. The number of hydrogen-bond acceptors (Lipinski definition) is 7. The van der Waals surface area contributed by atoms with E-state index in [1.54, 1.807) is 36.4 Å². The maximum absolute atomic E-state index is 14.9. The van der Waals surface area contributed by atoms with Crippen LogP contribution in [0.1, 0.15) is 38.8 Å². The van der Waals surface area contributed by atoms with Gasteiger partial charge < -0.3 is 15.0 Å². The Kier molecular flexibility index (Phi) is 6.21. The lowest BCUT2D eigenvalue weighted by Gasteiger charge is -2.39. The lowest BCUT2D eigenvalue weighted by atomic mass is 9.64. The zero-order valence-electron chi connectivity index (χ0n) is 23.9. The molecule has 0 radical (unpaired) electrons. The second-order valence-corrected chi connectivity index (χ2v) is 11.3. The third-order valence-electron chi connectivity index (χ3n) is 9.13. The zero-order valence-corrected chi connectivity index (χ0v) is 23.9. The molecule has 1 N–H and O–H groups in total. The van der Waals surface area contributed by atoms with Gasteiger partial charge >= 0.3 is 0 Å². The van der Waals surface area contributed by atoms with Crippen molar-refractivity contribution in [2.75, 3.05) is 17.3 Å². The Morgan fingerprint density at radius 3 is 2.39 bits per heavy atom. The van der Waals surface area contributed by atoms with E-state index in [0.29, 0.717) is 22.6 Å². The fraction of sp³-hybridized carbons (Fsp3) is 0.171. The van der Waals surface area contributed by atoms with Gasteiger partial charge in [-0.1, -0.05) is 66.7 Å². The van der Waals surface area contributed by atoms with Crippen molar-refractivity contribution in [3.05, 3.63) is 136 Å². The molecule has 1 spiro atoms. The number of methoxy groups -OCH3 is 1. The van der Waals surface area contributed by atoms with E-state index in [9.17, 15) is 24.5 Å². The van der Waals surface area contributed by atoms with Crippen molar-refractivity contribution in [3.8, 4) is 5.75 Å². The van der Waals surface area contributed by atoms with Gasteiger partial charge in [0.25, 0.3) is 5.69 Å². The second-order valence-electron chi connectivity index (χ2n) is 11.3. The molecule has 1 fully saturated rings. The van der Waals surface area contributed by atoms with E-state index in [2.05, 4.69) is 5.32 Å². The van der Waals surface area contributed by atoms with Crippen molar-refractivity contribution in [2.45, 2.75) is 24.4 Å². The summed E-state index contributed by atoms with van der Waals surface area (Å²) >= 11 is 0. The fourth-order valence-electron chi connectivity index (χ4n) is 7.29. The van der Waals surface area contributed by atoms with Crippen LogP contribution in [0.25, 0.3) is 5.57 Å². The van der Waals surface area contributed by atoms with E-state index < -0.39 is 40.0 Å². The quantitative estimate of drug-likeness (QED) is 0.171. The number of non-ortho nitro benzene ring substituents is 1. The van der Waals surface area contributed by atoms with Crippen LogP contribution in [0.4, 0.5) is 17.1 Å². The van der Waals surface area contributed by atoms with Crippen LogP contribution in [-0.4, -0.2) is 41.6 Å². The molecule has 4 aromatic carbocycles. The molecule has 9 heteroatoms. The topological polar surface area (TPSA) is 119 Å². The van der Waals surface area contributed by atoms with Gasteiger partial charge in [0.2, 0.25) is 5.91 Å². The number of fused-ring (bicyclic) bond motifs is 6. The number of Topliss-reactive ketones (excluding diaryl/α,β-unsaturated/α-hetero) is 2. The monoisotopic (exact) mass is 585 g/mol. The molecule has 0 unspecified atom stereocenters. The predicted molar refractivity (Wildman–Crippen MR) is 165 cm³/mol. The summed E-state index contributed by atoms with van der Waals surface area (Å²) in [6.45, 7) is 1.96. The SMILES string of the molecule is COc1cccc(C(=O)[C@H]2[C@@H](C(=O)c3cccc([N+](=O)[O-])c3)[C@@]3(C(=O)Nc4ccccc43)[C@@H]3C=C(C)c4ccccc4N32)c1. The lowest BCUT2D eigenvalue weighted by molar-refractivity contribution is -0.384. The second kappa shape index (κ2) is 10.0. The highest BCUT2D eigenvalue weighted by Gasteiger charge is 2.70. The molecule has 1 saturated heterocycles. The van der Waals surface area contributed by atoms with Crippen LogP contribution in [0, 0.1) is 16.0 Å². The summed E-state index contributed by atoms with van der Waals surface area (Å²) in [5.41, 5.74) is 2.29. The summed E-state index contributed by atoms with van der Waals surface area (Å²) in [5, 5.41) is 14.7. The van der Waals surface area contributed by atoms with Crippen molar-refractivity contribution in [3.63, 3.8) is 0 Å². The van der Waals surface area contributed by atoms with Gasteiger partial charge in [-0.15, -0.1) is 0 Å². The summed E-state index contributed by atoms with van der Waals surface area (Å²) in [6, 6.07) is 25.2. The van der Waals surface area contributed by atoms with Gasteiger partial charge in [0, 0.05) is 40.2 Å². The van der Waals surface area contributed by atoms with Crippen molar-refractivity contribution in [2.24, 2.45) is 5.92 Å². The highest BCUT2D eigenvalue weighted by molar-refractivity contribution is 6.18. The first-order valence-electron chi connectivity index (χ1n) is 14.2. The van der Waals surface area contributed by atoms with Gasteiger partial charge in [0.05, 0.1) is 24.0 Å². The summed E-state index contributed by atoms with van der Waals surface area (Å²) in [4.78, 5) is 57.3. The molecule has 0 bridgehead atoms. The van der Waals surface area contributed by atoms with E-state index >= 15 is 0 Å². The number of nitro benzene ring substituents is 1. The molecule has 0 saturated carbocycles. The van der Waals surface area contributed by atoms with E-state index in [1.165, 1.54) is 31.4 Å². The number of ether oxygens (including phenoxy) is 1. The van der Waals surface area contributed by atoms with Crippen LogP contribution in [-0.2, 0) is 10.2 Å². The van der Waals surface area contributed by atoms with Crippen LogP contribution in [0.3, 0.4) is 0 Å². The number of carbonyl (C=O) groups excluding carboxylic acids is 3. The normalized spacial score (nSPS) is 22.9. The summed E-state index contributed by atoms with van der Waals surface area (Å²) in [6.07, 6.45) is 1.97. The molecule has 0 aromatic heterocycles. The van der Waals surface area contributed by atoms with Crippen LogP contribution in [0.15, 0.2) is 103 Å². The number of amides is 1. The third kappa shape index (κ3) is 3.75. The average Bonchev–Trinajstić information content (AvgIpc) is 3.52. The Hall–Kier alpha value is -5.57. The van der Waals surface area contributed by atoms with Crippen LogP contribution in [0.5, 0.6) is 5.75 Å². The van der Waals surface area contributed by atoms with Crippen molar-refractivity contribution in [1.29, 1.82) is 0 Å². The summed E-state index contributed by atoms with van der Waals surface area (Å²) in [7, 11) is 1.51. The van der Waals surface area contributed by atoms with Gasteiger partial charge in [0.15, 0.2) is 11.6 Å². The van der Waals surface area contributed by atoms with E-state index in [4.69, 9.17) is 4.74 Å². The number of rotatable bonds is 6. The van der Waals surface area contributed by atoms with E-state index in [1.807, 2.05) is 54.3 Å². The number of ketones is 2. The first kappa shape index (κ1) is 27.3. The smallest absolute Gasteiger partial charge is 0.270 e. The molecular formula is C35H27N3O6. The Labute approximate surface area is 252 Å². The number of hydrogen-bond donors (Lipinski definition) is 1. The maximum Gasteiger partial charge on any atom is 0.270 e. The number of carbonyl (C=O) groups is 3. The van der Waals surface area contributed by atoms with Crippen LogP contribution >= 0.6 is 0 Å². The fourth-order valence-corrected chi connectivity index (χ4v) is 7.29. The van der Waals surface area contributed by atoms with Crippen LogP contribution in [0.2, 0.25) is 0 Å². The third-order valence-corrected chi connectivity index (χ3v) is 9.13. The van der Waals surface area contributed by atoms with Gasteiger partial charge in [0.1, 0.15) is 17.2 Å². The number of allylic oxidation sites excluding steroid dienone is 1. The molecule has 7 rings (SSSR count). The van der Waals surface area contributed by atoms with Gasteiger partial charge in [-0.3, -0.25) is 24.5 Å². The summed E-state index contributed by atoms with van der Waals surface area (Å²) in [5.74, 6) is -2.07. The Morgan fingerprint density at radius 2 is 1.61 bits per heavy atom. The first-order chi connectivity index (χ1) is 21.3. The minimum atomic E-state index is -1.52. The Morgan fingerprint density at radius 1 is 0.909 bits per heavy atom. The molecule has 3 aliphatic rings. The highest BCUT2D eigenvalue weighted by Crippen LogP contribution is 2.59. The van der Waals surface area contributed by atoms with Gasteiger partial charge in [-0.05, 0) is 42.3 Å². The molecule has 4 aromatic rings. The number of benzene rings is 4. The molecule has 3 heterocycles. The van der Waals surface area contributed by atoms with Gasteiger partial charge in [-0.25, -0.2) is 0 Å². The zero-order chi connectivity index (χ0) is 30.7. The molecule has 1 amide bonds. The highest BCUT2D eigenvalue weighted by atomic mass is 16.6. The minimum Gasteiger partial charge on any atom is -0.497 e. The average molecular weight is 586 g/mol. The van der Waals surface area contributed by atoms with Gasteiger partial charge in [-0.2, -0.15) is 0 Å². The molecular weight excluding hydrogens is 558 g/mol. The molecule has 44 heavy (non-hydrogen) atoms.